The maximum absolute atomic E-state index is 13.5. The molecule has 172 valence electrons. The molecule has 2 aromatic rings. The molecule has 3 nitrogen and oxygen atoms in total. The number of thiazole rings is 1. The molecule has 0 aliphatic heterocycles. The number of halogens is 9. The Hall–Kier alpha value is -0.940. The summed E-state index contributed by atoms with van der Waals surface area (Å²) in [5.41, 5.74) is -1.14. The highest BCUT2D eigenvalue weighted by Crippen LogP contribution is 2.41. The lowest BCUT2D eigenvalue weighted by Crippen LogP contribution is -2.35. The predicted octanol–water partition coefficient (Wildman–Crippen LogP) is 8.03. The molecule has 0 radical (unpaired) electrons. The molecule has 0 spiro atoms. The van der Waals surface area contributed by atoms with Crippen LogP contribution in [0.25, 0.3) is 0 Å². The Morgan fingerprint density at radius 1 is 1.06 bits per heavy atom. The Bertz CT molecular complexity index is 904. The molecule has 0 bridgehead atoms. The monoisotopic (exact) mass is 525 g/mol. The van der Waals surface area contributed by atoms with Crippen molar-refractivity contribution in [2.24, 2.45) is 5.92 Å². The van der Waals surface area contributed by atoms with E-state index < -0.39 is 31.1 Å². The van der Waals surface area contributed by atoms with Crippen LogP contribution >= 0.6 is 46.1 Å². The van der Waals surface area contributed by atoms with Gasteiger partial charge in [-0.15, -0.1) is 0 Å². The summed E-state index contributed by atoms with van der Waals surface area (Å²) in [5.74, 6) is 0.339. The highest BCUT2D eigenvalue weighted by atomic mass is 35.5. The Labute approximate surface area is 193 Å². The minimum Gasteiger partial charge on any atom is -0.329 e. The second-order valence-corrected chi connectivity index (χ2v) is 9.55. The van der Waals surface area contributed by atoms with Gasteiger partial charge in [0.15, 0.2) is 10.8 Å². The number of nitrogens with zero attached hydrogens (tertiary/aromatic N) is 2. The topological polar surface area (TPSA) is 28.2 Å². The molecular weight excluding hydrogens is 511 g/mol. The number of alkyl halides is 6. The van der Waals surface area contributed by atoms with E-state index in [-0.39, 0.29) is 37.3 Å². The second kappa shape index (κ2) is 9.51. The molecule has 0 amide bonds. The van der Waals surface area contributed by atoms with Crippen LogP contribution in [0.3, 0.4) is 0 Å². The average molecular weight is 527 g/mol. The molecule has 1 aliphatic carbocycles. The van der Waals surface area contributed by atoms with E-state index in [1.165, 1.54) is 12.1 Å². The van der Waals surface area contributed by atoms with E-state index in [2.05, 4.69) is 10.3 Å². The van der Waals surface area contributed by atoms with Crippen LogP contribution < -0.4 is 5.32 Å². The maximum Gasteiger partial charge on any atom is 0.434 e. The second-order valence-electron chi connectivity index (χ2n) is 7.22. The Morgan fingerprint density at radius 3 is 2.19 bits per heavy atom. The molecule has 1 aliphatic rings. The van der Waals surface area contributed by atoms with Gasteiger partial charge in [-0.3, -0.25) is 4.90 Å². The number of nitrogens with one attached hydrogen (secondary N) is 1. The summed E-state index contributed by atoms with van der Waals surface area (Å²) in [6.07, 6.45) is -6.98. The third-order valence-electron chi connectivity index (χ3n) is 4.53. The molecule has 1 aromatic carbocycles. The largest absolute Gasteiger partial charge is 0.434 e. The van der Waals surface area contributed by atoms with Crippen LogP contribution in [0.15, 0.2) is 12.1 Å². The Morgan fingerprint density at radius 2 is 1.68 bits per heavy atom. The third-order valence-corrected chi connectivity index (χ3v) is 6.30. The van der Waals surface area contributed by atoms with Crippen molar-refractivity contribution in [3.63, 3.8) is 0 Å². The summed E-state index contributed by atoms with van der Waals surface area (Å²) in [5, 5.41) is 2.79. The van der Waals surface area contributed by atoms with Crippen molar-refractivity contribution in [3.8, 4) is 0 Å². The smallest absolute Gasteiger partial charge is 0.329 e. The van der Waals surface area contributed by atoms with Gasteiger partial charge in [0.1, 0.15) is 0 Å². The van der Waals surface area contributed by atoms with E-state index in [0.717, 1.165) is 17.7 Å². The molecule has 1 heterocycles. The molecule has 31 heavy (non-hydrogen) atoms. The molecule has 0 unspecified atom stereocenters. The first-order valence-electron chi connectivity index (χ1n) is 9.09. The van der Waals surface area contributed by atoms with Crippen molar-refractivity contribution in [3.05, 3.63) is 37.8 Å². The molecule has 1 N–H and O–H groups in total. The van der Waals surface area contributed by atoms with E-state index in [0.29, 0.717) is 23.7 Å². The SMILES string of the molecule is FC(F)(F)CN(CCC1CC1)Cc1sc(Nc2c(Cl)cc(Cl)cc2Cl)nc1C(F)(F)F. The van der Waals surface area contributed by atoms with E-state index >= 15 is 0 Å². The van der Waals surface area contributed by atoms with Crippen molar-refractivity contribution < 1.29 is 26.3 Å². The van der Waals surface area contributed by atoms with Gasteiger partial charge in [0.2, 0.25) is 0 Å². The molecule has 1 aromatic heterocycles. The molecule has 1 saturated carbocycles. The minimum absolute atomic E-state index is 0.0526. The molecule has 3 rings (SSSR count). The first-order valence-corrected chi connectivity index (χ1v) is 11.0. The average Bonchev–Trinajstić information content (AvgIpc) is 3.33. The number of benzene rings is 1. The first-order chi connectivity index (χ1) is 14.3. The van der Waals surface area contributed by atoms with Crippen LogP contribution in [0, 0.1) is 5.92 Å². The highest BCUT2D eigenvalue weighted by Gasteiger charge is 2.39. The van der Waals surface area contributed by atoms with Gasteiger partial charge in [-0.25, -0.2) is 4.98 Å². The first kappa shape index (κ1) is 24.7. The van der Waals surface area contributed by atoms with Crippen LogP contribution in [0.4, 0.5) is 37.2 Å². The van der Waals surface area contributed by atoms with Crippen molar-refractivity contribution in [2.75, 3.05) is 18.4 Å². The van der Waals surface area contributed by atoms with Gasteiger partial charge >= 0.3 is 12.4 Å². The van der Waals surface area contributed by atoms with E-state index in [4.69, 9.17) is 34.8 Å². The van der Waals surface area contributed by atoms with Crippen molar-refractivity contribution in [1.29, 1.82) is 0 Å². The third kappa shape index (κ3) is 7.28. The van der Waals surface area contributed by atoms with Crippen molar-refractivity contribution in [1.82, 2.24) is 9.88 Å². The fourth-order valence-corrected chi connectivity index (χ4v) is 4.88. The van der Waals surface area contributed by atoms with Gasteiger partial charge < -0.3 is 5.32 Å². The molecule has 1 fully saturated rings. The summed E-state index contributed by atoms with van der Waals surface area (Å²) in [7, 11) is 0. The van der Waals surface area contributed by atoms with Gasteiger partial charge in [0.25, 0.3) is 0 Å². The zero-order valence-corrected chi connectivity index (χ0v) is 18.8. The standard InChI is InChI=1S/C18H16Cl3F6N3S/c19-10-5-11(20)14(12(21)6-10)28-16-29-15(18(25,26)27)13(31-16)7-30(8-17(22,23)24)4-3-9-1-2-9/h5-6,9H,1-4,7-8H2,(H,28,29). The van der Waals surface area contributed by atoms with Crippen molar-refractivity contribution >= 4 is 57.0 Å². The summed E-state index contributed by atoms with van der Waals surface area (Å²) >= 11 is 18.5. The lowest BCUT2D eigenvalue weighted by Gasteiger charge is -2.23. The highest BCUT2D eigenvalue weighted by molar-refractivity contribution is 7.15. The summed E-state index contributed by atoms with van der Waals surface area (Å²) in [6, 6.07) is 2.69. The summed E-state index contributed by atoms with van der Waals surface area (Å²) < 4.78 is 79.5. The van der Waals surface area contributed by atoms with Crippen molar-refractivity contribution in [2.45, 2.75) is 38.2 Å². The van der Waals surface area contributed by atoms with Crippen LogP contribution in [0.1, 0.15) is 29.8 Å². The summed E-state index contributed by atoms with van der Waals surface area (Å²) in [6.45, 7) is -1.77. The fourth-order valence-electron chi connectivity index (χ4n) is 2.94. The predicted molar refractivity (Wildman–Crippen MR) is 111 cm³/mol. The maximum atomic E-state index is 13.5. The Balaban J connectivity index is 1.87. The molecule has 0 atom stereocenters. The number of aromatic nitrogens is 1. The number of rotatable bonds is 8. The Kier molecular flexibility index (Phi) is 7.57. The van der Waals surface area contributed by atoms with Gasteiger partial charge in [-0.2, -0.15) is 26.3 Å². The zero-order chi connectivity index (χ0) is 23.0. The lowest BCUT2D eigenvalue weighted by molar-refractivity contribution is -0.148. The van der Waals surface area contributed by atoms with Gasteiger partial charge in [-0.1, -0.05) is 59.0 Å². The van der Waals surface area contributed by atoms with Crippen LogP contribution in [-0.4, -0.2) is 29.1 Å². The van der Waals surface area contributed by atoms with Gasteiger partial charge in [0.05, 0.1) is 27.2 Å². The fraction of sp³-hybridized carbons (Fsp3) is 0.500. The number of hydrogen-bond acceptors (Lipinski definition) is 4. The van der Waals surface area contributed by atoms with E-state index in [1.54, 1.807) is 0 Å². The number of anilines is 2. The van der Waals surface area contributed by atoms with Crippen LogP contribution in [-0.2, 0) is 12.7 Å². The molecule has 0 saturated heterocycles. The normalized spacial score (nSPS) is 15.0. The molecular formula is C18H16Cl3F6N3S. The lowest BCUT2D eigenvalue weighted by atomic mass is 10.2. The van der Waals surface area contributed by atoms with Crippen LogP contribution in [0.5, 0.6) is 0 Å². The number of hydrogen-bond donors (Lipinski definition) is 1. The quantitative estimate of drug-likeness (QED) is 0.353. The van der Waals surface area contributed by atoms with Gasteiger partial charge in [-0.05, 0) is 31.0 Å². The minimum atomic E-state index is -4.83. The van der Waals surface area contributed by atoms with E-state index in [1.807, 2.05) is 0 Å². The van der Waals surface area contributed by atoms with E-state index in [9.17, 15) is 26.3 Å². The van der Waals surface area contributed by atoms with Gasteiger partial charge in [0, 0.05) is 11.6 Å². The summed E-state index contributed by atoms with van der Waals surface area (Å²) in [4.78, 5) is 4.22. The van der Waals surface area contributed by atoms with Crippen LogP contribution in [0.2, 0.25) is 15.1 Å². The molecule has 13 heteroatoms. The zero-order valence-electron chi connectivity index (χ0n) is 15.7.